The van der Waals surface area contributed by atoms with Crippen molar-refractivity contribution in [3.63, 3.8) is 0 Å². The van der Waals surface area contributed by atoms with Crippen molar-refractivity contribution in [2.24, 2.45) is 0 Å². The van der Waals surface area contributed by atoms with Crippen molar-refractivity contribution < 1.29 is 19.5 Å². The van der Waals surface area contributed by atoms with E-state index < -0.39 is 12.0 Å². The van der Waals surface area contributed by atoms with Crippen LogP contribution in [0.25, 0.3) is 0 Å². The Bertz CT molecular complexity index is 550. The molecule has 22 heavy (non-hydrogen) atoms. The number of aryl methyl sites for hydroxylation is 2. The van der Waals surface area contributed by atoms with Gasteiger partial charge in [0.1, 0.15) is 6.04 Å². The van der Waals surface area contributed by atoms with Crippen LogP contribution in [0.3, 0.4) is 0 Å². The highest BCUT2D eigenvalue weighted by Crippen LogP contribution is 2.22. The summed E-state index contributed by atoms with van der Waals surface area (Å²) in [6, 6.07) is 0.967. The Hall–Kier alpha value is -1.69. The Balaban J connectivity index is 2.49. The molecule has 0 bridgehead atoms. The van der Waals surface area contributed by atoms with Crippen LogP contribution in [0.1, 0.15) is 59.1 Å². The fraction of sp³-hybridized carbons (Fsp3) is 0.562. The third kappa shape index (κ3) is 5.60. The number of unbranched alkanes of at least 4 members (excludes halogenated alkanes) is 1. The zero-order valence-electron chi connectivity index (χ0n) is 13.3. The number of hydrogen-bond donors (Lipinski definition) is 2. The lowest BCUT2D eigenvalue weighted by atomic mass is 10.1. The molecule has 5 nitrogen and oxygen atoms in total. The van der Waals surface area contributed by atoms with Crippen molar-refractivity contribution >= 4 is 29.0 Å². The van der Waals surface area contributed by atoms with Gasteiger partial charge in [0.15, 0.2) is 5.78 Å². The number of carbonyl (C=O) groups is 3. The van der Waals surface area contributed by atoms with Crippen molar-refractivity contribution in [1.82, 2.24) is 5.32 Å². The van der Waals surface area contributed by atoms with E-state index in [9.17, 15) is 14.4 Å². The average molecular weight is 325 g/mol. The summed E-state index contributed by atoms with van der Waals surface area (Å²) in [5.74, 6) is -1.49. The van der Waals surface area contributed by atoms with Crippen LogP contribution in [0.15, 0.2) is 6.07 Å². The molecule has 0 radical (unpaired) electrons. The van der Waals surface area contributed by atoms with Gasteiger partial charge in [-0.05, 0) is 26.3 Å². The van der Waals surface area contributed by atoms with Crippen molar-refractivity contribution in [3.8, 4) is 0 Å². The summed E-state index contributed by atoms with van der Waals surface area (Å²) in [6.07, 6.45) is 2.14. The van der Waals surface area contributed by atoms with Gasteiger partial charge in [-0.2, -0.15) is 0 Å². The minimum atomic E-state index is -1.03. The lowest BCUT2D eigenvalue weighted by Crippen LogP contribution is -2.40. The van der Waals surface area contributed by atoms with E-state index in [-0.39, 0.29) is 24.5 Å². The molecule has 0 saturated heterocycles. The fourth-order valence-electron chi connectivity index (χ4n) is 2.20. The van der Waals surface area contributed by atoms with E-state index in [0.717, 1.165) is 22.6 Å². The molecule has 0 fully saturated rings. The van der Waals surface area contributed by atoms with Gasteiger partial charge in [0.2, 0.25) is 5.91 Å². The number of carbonyl (C=O) groups excluding carboxylic acids is 2. The molecule has 1 unspecified atom stereocenters. The minimum Gasteiger partial charge on any atom is -0.480 e. The molecule has 0 aromatic carbocycles. The summed E-state index contributed by atoms with van der Waals surface area (Å²) in [5, 5.41) is 11.6. The van der Waals surface area contributed by atoms with Crippen LogP contribution in [-0.4, -0.2) is 28.8 Å². The number of nitrogens with one attached hydrogen (secondary N) is 1. The van der Waals surface area contributed by atoms with E-state index in [1.807, 2.05) is 26.8 Å². The molecule has 6 heteroatoms. The quantitative estimate of drug-likeness (QED) is 0.683. The van der Waals surface area contributed by atoms with Crippen LogP contribution in [0.2, 0.25) is 0 Å². The van der Waals surface area contributed by atoms with E-state index in [2.05, 4.69) is 5.32 Å². The van der Waals surface area contributed by atoms with Crippen LogP contribution >= 0.6 is 11.3 Å². The first-order valence-electron chi connectivity index (χ1n) is 7.47. The number of thiophene rings is 1. The highest BCUT2D eigenvalue weighted by Gasteiger charge is 2.20. The molecule has 0 spiro atoms. The Labute approximate surface area is 134 Å². The third-order valence-electron chi connectivity index (χ3n) is 3.40. The molecule has 1 rings (SSSR count). The summed E-state index contributed by atoms with van der Waals surface area (Å²) < 4.78 is 0. The molecule has 1 aromatic rings. The van der Waals surface area contributed by atoms with Crippen molar-refractivity contribution in [2.75, 3.05) is 0 Å². The Morgan fingerprint density at radius 3 is 2.45 bits per heavy atom. The molecular weight excluding hydrogens is 302 g/mol. The lowest BCUT2D eigenvalue weighted by molar-refractivity contribution is -0.142. The molecule has 0 aliphatic rings. The maximum absolute atomic E-state index is 12.1. The topological polar surface area (TPSA) is 83.5 Å². The number of aliphatic carboxylic acids is 1. The number of carboxylic acid groups (broad SMARTS) is 1. The number of amides is 1. The molecule has 1 amide bonds. The predicted octanol–water partition coefficient (Wildman–Crippen LogP) is 3.09. The van der Waals surface area contributed by atoms with E-state index in [1.54, 1.807) is 11.3 Å². The van der Waals surface area contributed by atoms with Crippen LogP contribution in [0.4, 0.5) is 0 Å². The summed E-state index contributed by atoms with van der Waals surface area (Å²) in [7, 11) is 0. The highest BCUT2D eigenvalue weighted by molar-refractivity contribution is 7.12. The van der Waals surface area contributed by atoms with Gasteiger partial charge in [-0.3, -0.25) is 9.59 Å². The monoisotopic (exact) mass is 325 g/mol. The van der Waals surface area contributed by atoms with Crippen molar-refractivity contribution in [3.05, 3.63) is 21.4 Å². The van der Waals surface area contributed by atoms with Crippen molar-refractivity contribution in [1.29, 1.82) is 0 Å². The number of rotatable bonds is 9. The molecular formula is C16H23NO4S. The molecule has 1 atom stereocenters. The molecule has 2 N–H and O–H groups in total. The van der Waals surface area contributed by atoms with E-state index >= 15 is 0 Å². The molecule has 0 saturated carbocycles. The largest absolute Gasteiger partial charge is 0.480 e. The Morgan fingerprint density at radius 1 is 1.27 bits per heavy atom. The van der Waals surface area contributed by atoms with Crippen LogP contribution in [-0.2, 0) is 9.59 Å². The zero-order chi connectivity index (χ0) is 16.7. The first-order chi connectivity index (χ1) is 10.3. The van der Waals surface area contributed by atoms with Gasteiger partial charge >= 0.3 is 5.97 Å². The van der Waals surface area contributed by atoms with Gasteiger partial charge in [0.05, 0.1) is 0 Å². The Kier molecular flexibility index (Phi) is 7.24. The second kappa shape index (κ2) is 8.68. The molecule has 0 aliphatic heterocycles. The highest BCUT2D eigenvalue weighted by atomic mass is 32.1. The van der Waals surface area contributed by atoms with Gasteiger partial charge < -0.3 is 10.4 Å². The molecule has 122 valence electrons. The van der Waals surface area contributed by atoms with Gasteiger partial charge in [-0.15, -0.1) is 11.3 Å². The summed E-state index contributed by atoms with van der Waals surface area (Å²) >= 11 is 1.56. The van der Waals surface area contributed by atoms with Gasteiger partial charge in [-0.1, -0.05) is 19.8 Å². The first kappa shape index (κ1) is 18.4. The molecule has 0 aliphatic carbocycles. The van der Waals surface area contributed by atoms with Crippen LogP contribution in [0, 0.1) is 13.8 Å². The SMILES string of the molecule is CCCCC(NC(=O)CCC(=O)c1cc(C)sc1C)C(=O)O. The molecule has 1 heterocycles. The summed E-state index contributed by atoms with van der Waals surface area (Å²) in [4.78, 5) is 37.0. The van der Waals surface area contributed by atoms with Gasteiger partial charge in [-0.25, -0.2) is 4.79 Å². The standard InChI is InChI=1S/C16H23NO4S/c1-4-5-6-13(16(20)21)17-15(19)8-7-14(18)12-9-10(2)22-11(12)3/h9,13H,4-8H2,1-3H3,(H,17,19)(H,20,21). The number of Topliss-reactive ketones (excluding diaryl/α,β-unsaturated/α-hetero) is 1. The van der Waals surface area contributed by atoms with E-state index in [4.69, 9.17) is 5.11 Å². The third-order valence-corrected chi connectivity index (χ3v) is 4.37. The Morgan fingerprint density at radius 2 is 1.95 bits per heavy atom. The fourth-order valence-corrected chi connectivity index (χ4v) is 3.14. The van der Waals surface area contributed by atoms with Crippen LogP contribution in [0.5, 0.6) is 0 Å². The maximum atomic E-state index is 12.1. The number of ketones is 1. The lowest BCUT2D eigenvalue weighted by Gasteiger charge is -2.13. The zero-order valence-corrected chi connectivity index (χ0v) is 14.1. The second-order valence-corrected chi connectivity index (χ2v) is 6.81. The first-order valence-corrected chi connectivity index (χ1v) is 8.29. The van der Waals surface area contributed by atoms with E-state index in [0.29, 0.717) is 12.0 Å². The van der Waals surface area contributed by atoms with E-state index in [1.165, 1.54) is 0 Å². The minimum absolute atomic E-state index is 0.0169. The molecule has 1 aromatic heterocycles. The van der Waals surface area contributed by atoms with Gasteiger partial charge in [0.25, 0.3) is 0 Å². The maximum Gasteiger partial charge on any atom is 0.326 e. The van der Waals surface area contributed by atoms with Gasteiger partial charge in [0, 0.05) is 28.2 Å². The smallest absolute Gasteiger partial charge is 0.326 e. The normalized spacial score (nSPS) is 12.0. The second-order valence-electron chi connectivity index (χ2n) is 5.35. The predicted molar refractivity (Wildman–Crippen MR) is 86.4 cm³/mol. The average Bonchev–Trinajstić information content (AvgIpc) is 2.79. The number of carboxylic acids is 1. The van der Waals surface area contributed by atoms with Crippen LogP contribution < -0.4 is 5.32 Å². The summed E-state index contributed by atoms with van der Waals surface area (Å²) in [6.45, 7) is 5.78. The van der Waals surface area contributed by atoms with Crippen molar-refractivity contribution in [2.45, 2.75) is 58.9 Å². The summed E-state index contributed by atoms with van der Waals surface area (Å²) in [5.41, 5.74) is 0.663. The number of hydrogen-bond acceptors (Lipinski definition) is 4.